The monoisotopic (exact) mass is 808 g/mol. The second-order valence-corrected chi connectivity index (χ2v) is 15.4. The van der Waals surface area contributed by atoms with Gasteiger partial charge in [-0.25, -0.2) is 4.79 Å². The summed E-state index contributed by atoms with van der Waals surface area (Å²) in [6.07, 6.45) is -0.562. The summed E-state index contributed by atoms with van der Waals surface area (Å²) in [5.41, 5.74) is 1.46. The molecule has 0 atom stereocenters. The van der Waals surface area contributed by atoms with E-state index in [1.807, 2.05) is 26.0 Å². The fraction of sp³-hybridized carbons (Fsp3) is 0.525. The summed E-state index contributed by atoms with van der Waals surface area (Å²) in [4.78, 5) is 48.1. The molecule has 0 radical (unpaired) electrons. The van der Waals surface area contributed by atoms with Crippen molar-refractivity contribution in [2.75, 3.05) is 63.2 Å². The lowest BCUT2D eigenvalue weighted by Crippen LogP contribution is -2.44. The van der Waals surface area contributed by atoms with Crippen molar-refractivity contribution in [1.29, 1.82) is 0 Å². The fourth-order valence-corrected chi connectivity index (χ4v) is 8.08. The van der Waals surface area contributed by atoms with Crippen LogP contribution in [0.4, 0.5) is 24.5 Å². The van der Waals surface area contributed by atoms with Crippen molar-refractivity contribution in [1.82, 2.24) is 20.1 Å². The van der Waals surface area contributed by atoms with E-state index in [2.05, 4.69) is 50.9 Å². The number of carboxylic acid groups (broad SMARTS) is 1. The van der Waals surface area contributed by atoms with Crippen molar-refractivity contribution in [2.24, 2.45) is 0 Å². The predicted molar refractivity (Wildman–Crippen MR) is 214 cm³/mol. The molecule has 55 heavy (non-hydrogen) atoms. The minimum Gasteiger partial charge on any atom is -0.478 e. The molecule has 3 heterocycles. The van der Waals surface area contributed by atoms with Crippen LogP contribution in [0.15, 0.2) is 35.1 Å². The van der Waals surface area contributed by atoms with Crippen molar-refractivity contribution in [3.63, 3.8) is 0 Å². The average molecular weight is 810 g/mol. The number of carbonyl (C=O) groups excluding carboxylic acids is 1. The van der Waals surface area contributed by atoms with E-state index in [0.29, 0.717) is 33.3 Å². The first-order chi connectivity index (χ1) is 25.9. The third kappa shape index (κ3) is 11.0. The Bertz CT molecular complexity index is 1890. The molecule has 15 heteroatoms. The molecule has 0 saturated carbocycles. The maximum absolute atomic E-state index is 13.5. The van der Waals surface area contributed by atoms with Gasteiger partial charge in [0.15, 0.2) is 0 Å². The number of pyridine rings is 1. The van der Waals surface area contributed by atoms with Gasteiger partial charge < -0.3 is 35.0 Å². The number of likely N-dealkylation sites (tertiary alicyclic amines) is 2. The van der Waals surface area contributed by atoms with Crippen LogP contribution >= 0.6 is 23.2 Å². The Hall–Kier alpha value is -3.78. The predicted octanol–water partition coefficient (Wildman–Crippen LogP) is 7.78. The van der Waals surface area contributed by atoms with Gasteiger partial charge in [-0.05, 0) is 142 Å². The molecule has 0 bridgehead atoms. The number of halogens is 5. The highest BCUT2D eigenvalue weighted by atomic mass is 35.5. The van der Waals surface area contributed by atoms with Crippen LogP contribution in [0.25, 0.3) is 0 Å². The molecule has 2 aromatic carbocycles. The Balaban J connectivity index is 0.000000274. The molecule has 0 aliphatic carbocycles. The number of hydrogen-bond acceptors (Lipinski definition) is 7. The molecule has 0 unspecified atom stereocenters. The highest BCUT2D eigenvalue weighted by molar-refractivity contribution is 6.31. The van der Waals surface area contributed by atoms with E-state index >= 15 is 0 Å². The summed E-state index contributed by atoms with van der Waals surface area (Å²) in [6, 6.07) is 8.37. The lowest BCUT2D eigenvalue weighted by molar-refractivity contribution is -0.138. The van der Waals surface area contributed by atoms with Crippen molar-refractivity contribution < 1.29 is 27.9 Å². The molecule has 3 N–H and O–H groups in total. The number of rotatable bonds is 10. The maximum atomic E-state index is 13.5. The molecule has 302 valence electrons. The van der Waals surface area contributed by atoms with E-state index in [1.54, 1.807) is 6.92 Å². The Morgan fingerprint density at radius 1 is 0.818 bits per heavy atom. The van der Waals surface area contributed by atoms with Gasteiger partial charge in [0, 0.05) is 70.0 Å². The average Bonchev–Trinajstić information content (AvgIpc) is 3.12. The van der Waals surface area contributed by atoms with Gasteiger partial charge >= 0.3 is 12.1 Å². The number of amides is 1. The molecule has 1 amide bonds. The third-order valence-corrected chi connectivity index (χ3v) is 11.2. The summed E-state index contributed by atoms with van der Waals surface area (Å²) in [5, 5.41) is 12.7. The number of hydrogen-bond donors (Lipinski definition) is 3. The lowest BCUT2D eigenvalue weighted by Gasteiger charge is -2.39. The molecular formula is C40H53Cl2F3N6O4. The number of alkyl halides is 3. The number of benzene rings is 2. The number of H-pyrrole nitrogens is 1. The number of nitrogens with zero attached hydrogens (tertiary/aromatic N) is 4. The number of carbonyl (C=O) groups is 2. The van der Waals surface area contributed by atoms with Gasteiger partial charge in [0.25, 0.3) is 11.5 Å². The van der Waals surface area contributed by atoms with Crippen LogP contribution in [0.3, 0.4) is 0 Å². The molecule has 2 aliphatic rings. The number of aromatic nitrogens is 1. The molecule has 10 nitrogen and oxygen atoms in total. The molecule has 2 aliphatic heterocycles. The maximum Gasteiger partial charge on any atom is 0.417 e. The zero-order valence-electron chi connectivity index (χ0n) is 32.7. The number of carboxylic acids is 1. The summed E-state index contributed by atoms with van der Waals surface area (Å²) < 4.78 is 40.4. The van der Waals surface area contributed by atoms with Crippen LogP contribution < -0.4 is 20.7 Å². The normalized spacial score (nSPS) is 16.0. The van der Waals surface area contributed by atoms with Crippen molar-refractivity contribution in [3.05, 3.63) is 89.8 Å². The van der Waals surface area contributed by atoms with Crippen molar-refractivity contribution >= 4 is 46.5 Å². The van der Waals surface area contributed by atoms with Gasteiger partial charge in [0.05, 0.1) is 11.1 Å². The van der Waals surface area contributed by atoms with Gasteiger partial charge in [-0.3, -0.25) is 9.59 Å². The first kappa shape index (κ1) is 43.9. The molecule has 2 saturated heterocycles. The SMILES string of the molecule is CCN(c1cc(Cl)cc(C(=O)NCc2c(C(F)(F)F)cc(C)[nH]c2=O)c1C)C1CCN(C)CC1.CCN(c1cc(Cl)cc(C(=O)O)c1C)C1CCN(C)CC1. The topological polar surface area (TPSA) is 112 Å². The first-order valence-corrected chi connectivity index (χ1v) is 19.4. The summed E-state index contributed by atoms with van der Waals surface area (Å²) in [6.45, 7) is 14.3. The van der Waals surface area contributed by atoms with Crippen LogP contribution in [0.2, 0.25) is 10.0 Å². The smallest absolute Gasteiger partial charge is 0.417 e. The van der Waals surface area contributed by atoms with E-state index in [0.717, 1.165) is 88.0 Å². The van der Waals surface area contributed by atoms with Crippen LogP contribution in [-0.2, 0) is 12.7 Å². The van der Waals surface area contributed by atoms with Gasteiger partial charge in [-0.2, -0.15) is 13.2 Å². The van der Waals surface area contributed by atoms with Gasteiger partial charge in [0.2, 0.25) is 0 Å². The minimum atomic E-state index is -4.71. The quantitative estimate of drug-likeness (QED) is 0.191. The molecule has 3 aromatic rings. The number of nitrogens with one attached hydrogen (secondary N) is 2. The minimum absolute atomic E-state index is 0.0938. The second-order valence-electron chi connectivity index (χ2n) is 14.5. The summed E-state index contributed by atoms with van der Waals surface area (Å²) in [7, 11) is 4.22. The zero-order valence-corrected chi connectivity index (χ0v) is 34.2. The Morgan fingerprint density at radius 2 is 1.25 bits per heavy atom. The number of piperidine rings is 2. The molecule has 0 spiro atoms. The van der Waals surface area contributed by atoms with E-state index in [-0.39, 0.29) is 11.3 Å². The summed E-state index contributed by atoms with van der Waals surface area (Å²) in [5.74, 6) is -1.51. The van der Waals surface area contributed by atoms with Gasteiger partial charge in [0.1, 0.15) is 0 Å². The van der Waals surface area contributed by atoms with Gasteiger partial charge in [-0.15, -0.1) is 0 Å². The number of aromatic carboxylic acids is 1. The zero-order chi connectivity index (χ0) is 40.8. The highest BCUT2D eigenvalue weighted by Crippen LogP contribution is 2.34. The van der Waals surface area contributed by atoms with E-state index in [1.165, 1.54) is 19.1 Å². The van der Waals surface area contributed by atoms with E-state index < -0.39 is 41.3 Å². The number of aromatic amines is 1. The molecule has 5 rings (SSSR count). The van der Waals surface area contributed by atoms with E-state index in [9.17, 15) is 32.7 Å². The number of aryl methyl sites for hydroxylation is 1. The Labute approximate surface area is 331 Å². The lowest BCUT2D eigenvalue weighted by atomic mass is 9.99. The van der Waals surface area contributed by atoms with Crippen molar-refractivity contribution in [3.8, 4) is 0 Å². The summed E-state index contributed by atoms with van der Waals surface area (Å²) >= 11 is 12.5. The highest BCUT2D eigenvalue weighted by Gasteiger charge is 2.35. The molecule has 1 aromatic heterocycles. The van der Waals surface area contributed by atoms with Crippen LogP contribution in [-0.4, -0.2) is 97.2 Å². The Morgan fingerprint density at radius 3 is 1.67 bits per heavy atom. The third-order valence-electron chi connectivity index (χ3n) is 10.7. The number of anilines is 2. The second kappa shape index (κ2) is 18.9. The fourth-order valence-electron chi connectivity index (χ4n) is 7.66. The van der Waals surface area contributed by atoms with Crippen LogP contribution in [0, 0.1) is 20.8 Å². The van der Waals surface area contributed by atoms with Crippen LogP contribution in [0.5, 0.6) is 0 Å². The largest absolute Gasteiger partial charge is 0.478 e. The first-order valence-electron chi connectivity index (χ1n) is 18.7. The van der Waals surface area contributed by atoms with Gasteiger partial charge in [-0.1, -0.05) is 23.2 Å². The Kier molecular flexibility index (Phi) is 15.1. The standard InChI is InChI=1S/C24H30ClF3N4O2.C16H23ClN2O2/c1-5-32(17-6-8-31(4)9-7-17)21-12-16(25)11-18(15(21)3)22(33)29-13-19-20(24(26,27)28)10-14(2)30-23(19)34;1-4-19(13-5-7-18(3)8-6-13)15-10-12(17)9-14(11(15)2)16(20)21/h10-12,17H,5-9,13H2,1-4H3,(H,29,33)(H,30,34);9-10,13H,4-8H2,1-3H3,(H,20,21). The van der Waals surface area contributed by atoms with E-state index in [4.69, 9.17) is 23.2 Å². The molecular weight excluding hydrogens is 756 g/mol. The van der Waals surface area contributed by atoms with Crippen molar-refractivity contribution in [2.45, 2.75) is 85.1 Å². The molecule has 2 fully saturated rings. The van der Waals surface area contributed by atoms with Crippen LogP contribution in [0.1, 0.15) is 88.2 Å².